The second-order valence-corrected chi connectivity index (χ2v) is 12.2. The third-order valence-corrected chi connectivity index (χ3v) is 9.95. The number of carbonyl (C=O) groups excluding carboxylic acids is 3. The van der Waals surface area contributed by atoms with Gasteiger partial charge in [0.25, 0.3) is 0 Å². The lowest BCUT2D eigenvalue weighted by atomic mass is 9.47. The molecule has 0 heterocycles. The van der Waals surface area contributed by atoms with Gasteiger partial charge in [-0.3, -0.25) is 14.4 Å². The summed E-state index contributed by atoms with van der Waals surface area (Å²) in [6.45, 7) is 8.12. The van der Waals surface area contributed by atoms with Crippen LogP contribution in [0.15, 0.2) is 11.6 Å². The Kier molecular flexibility index (Phi) is 7.18. The number of carboxylic acids is 1. The smallest absolute Gasteiger partial charge is 0.326 e. The number of fused-ring (bicyclic) bond motifs is 5. The Hall–Kier alpha value is -2.18. The summed E-state index contributed by atoms with van der Waals surface area (Å²) in [6.07, 6.45) is 9.44. The minimum Gasteiger partial charge on any atom is -0.480 e. The maximum Gasteiger partial charge on any atom is 0.326 e. The van der Waals surface area contributed by atoms with Gasteiger partial charge in [0, 0.05) is 18.3 Å². The third-order valence-electron chi connectivity index (χ3n) is 9.95. The summed E-state index contributed by atoms with van der Waals surface area (Å²) in [5.41, 5.74) is 1.44. The molecule has 1 amide bonds. The fourth-order valence-electron chi connectivity index (χ4n) is 7.90. The number of esters is 1. The van der Waals surface area contributed by atoms with Gasteiger partial charge in [0.15, 0.2) is 5.78 Å². The maximum absolute atomic E-state index is 12.7. The number of carboxylic acid groups (broad SMARTS) is 1. The van der Waals surface area contributed by atoms with Gasteiger partial charge in [0.1, 0.15) is 12.1 Å². The topological polar surface area (TPSA) is 110 Å². The number of aliphatic carboxylic acids is 1. The lowest BCUT2D eigenvalue weighted by Gasteiger charge is -2.57. The molecule has 7 atom stereocenters. The third kappa shape index (κ3) is 4.79. The predicted octanol–water partition coefficient (Wildman–Crippen LogP) is 4.44. The highest BCUT2D eigenvalue weighted by atomic mass is 16.5. The minimum atomic E-state index is -1.07. The molecule has 3 saturated carbocycles. The Bertz CT molecular complexity index is 924. The van der Waals surface area contributed by atoms with Crippen LogP contribution in [0.1, 0.15) is 91.9 Å². The van der Waals surface area contributed by atoms with Crippen molar-refractivity contribution in [2.24, 2.45) is 34.5 Å². The molecule has 0 aromatic carbocycles. The summed E-state index contributed by atoms with van der Waals surface area (Å²) >= 11 is 0. The molecular formula is C28H41NO6. The fourth-order valence-corrected chi connectivity index (χ4v) is 7.90. The first-order valence-corrected chi connectivity index (χ1v) is 13.4. The van der Waals surface area contributed by atoms with Crippen molar-refractivity contribution in [2.75, 3.05) is 0 Å². The number of allylic oxidation sites excluding steroid dienone is 1. The van der Waals surface area contributed by atoms with Gasteiger partial charge in [0.2, 0.25) is 5.91 Å². The van der Waals surface area contributed by atoms with Gasteiger partial charge >= 0.3 is 11.9 Å². The molecule has 194 valence electrons. The number of carbonyl (C=O) groups is 4. The second-order valence-electron chi connectivity index (χ2n) is 12.2. The zero-order valence-electron chi connectivity index (χ0n) is 21.6. The maximum atomic E-state index is 12.7. The van der Waals surface area contributed by atoms with Crippen LogP contribution in [-0.4, -0.2) is 40.9 Å². The van der Waals surface area contributed by atoms with E-state index >= 15 is 0 Å². The fraction of sp³-hybridized carbons (Fsp3) is 0.786. The van der Waals surface area contributed by atoms with E-state index in [0.29, 0.717) is 24.2 Å². The van der Waals surface area contributed by atoms with Crippen molar-refractivity contribution >= 4 is 23.6 Å². The molecular weight excluding hydrogens is 446 g/mol. The lowest BCUT2D eigenvalue weighted by Crippen LogP contribution is -2.51. The van der Waals surface area contributed by atoms with Crippen molar-refractivity contribution in [1.82, 2.24) is 5.32 Å². The standard InChI is InChI=1S/C28H41NO6/c1-16(2)25(26(33)34)29-23(31)9-10-24(32)35-22-8-7-20-19-6-5-17-15-18(30)11-13-27(17,3)21(19)12-14-28(20,22)4/h15-16,19-22,25H,5-14H2,1-4H3,(H,29,31)(H,33,34)/t19-,20-,21-,22-,25+,27+,28+/m1/s1. The van der Waals surface area contributed by atoms with E-state index in [0.717, 1.165) is 44.9 Å². The molecule has 7 nitrogen and oxygen atoms in total. The van der Waals surface area contributed by atoms with Crippen LogP contribution in [0.25, 0.3) is 0 Å². The van der Waals surface area contributed by atoms with E-state index in [1.54, 1.807) is 13.8 Å². The molecule has 35 heavy (non-hydrogen) atoms. The molecule has 3 fully saturated rings. The van der Waals surface area contributed by atoms with Gasteiger partial charge in [-0.2, -0.15) is 0 Å². The van der Waals surface area contributed by atoms with Gasteiger partial charge in [-0.25, -0.2) is 4.79 Å². The quantitative estimate of drug-likeness (QED) is 0.514. The number of hydrogen-bond donors (Lipinski definition) is 2. The van der Waals surface area contributed by atoms with Crippen molar-refractivity contribution < 1.29 is 29.0 Å². The molecule has 4 aliphatic rings. The average Bonchev–Trinajstić information content (AvgIpc) is 3.12. The molecule has 4 aliphatic carbocycles. The molecule has 0 aromatic rings. The van der Waals surface area contributed by atoms with Crippen molar-refractivity contribution in [2.45, 2.75) is 104 Å². The van der Waals surface area contributed by atoms with Crippen molar-refractivity contribution in [3.8, 4) is 0 Å². The first-order valence-electron chi connectivity index (χ1n) is 13.4. The number of hydrogen-bond acceptors (Lipinski definition) is 5. The van der Waals surface area contributed by atoms with Crippen LogP contribution in [0.3, 0.4) is 0 Å². The van der Waals surface area contributed by atoms with E-state index in [1.165, 1.54) is 5.57 Å². The molecule has 7 heteroatoms. The Labute approximate surface area is 208 Å². The second kappa shape index (κ2) is 9.70. The normalized spacial score (nSPS) is 36.9. The Morgan fingerprint density at radius 2 is 1.80 bits per heavy atom. The van der Waals surface area contributed by atoms with Crippen LogP contribution in [0.5, 0.6) is 0 Å². The highest BCUT2D eigenvalue weighted by Crippen LogP contribution is 2.65. The number of amides is 1. The van der Waals surface area contributed by atoms with Crippen LogP contribution in [-0.2, 0) is 23.9 Å². The van der Waals surface area contributed by atoms with E-state index in [1.807, 2.05) is 6.08 Å². The van der Waals surface area contributed by atoms with Crippen LogP contribution < -0.4 is 5.32 Å². The summed E-state index contributed by atoms with van der Waals surface area (Å²) < 4.78 is 5.97. The SMILES string of the molecule is CC(C)[C@H](NC(=O)CCC(=O)O[C@@H]1CC[C@@H]2[C@H]3CCC4=CC(=O)CC[C@]4(C)[C@@H]3CC[C@@]21C)C(=O)O. The Morgan fingerprint density at radius 3 is 2.49 bits per heavy atom. The van der Waals surface area contributed by atoms with E-state index in [-0.39, 0.29) is 47.4 Å². The van der Waals surface area contributed by atoms with Crippen LogP contribution in [0.2, 0.25) is 0 Å². The number of ketones is 1. The Morgan fingerprint density at radius 1 is 1.06 bits per heavy atom. The van der Waals surface area contributed by atoms with Crippen molar-refractivity contribution in [3.63, 3.8) is 0 Å². The van der Waals surface area contributed by atoms with E-state index in [2.05, 4.69) is 19.2 Å². The zero-order chi connectivity index (χ0) is 25.5. The molecule has 2 N–H and O–H groups in total. The predicted molar refractivity (Wildman–Crippen MR) is 130 cm³/mol. The number of ether oxygens (including phenoxy) is 1. The first-order chi connectivity index (χ1) is 16.5. The summed E-state index contributed by atoms with van der Waals surface area (Å²) in [5, 5.41) is 11.8. The zero-order valence-corrected chi connectivity index (χ0v) is 21.6. The molecule has 0 unspecified atom stereocenters. The van der Waals surface area contributed by atoms with Gasteiger partial charge in [-0.15, -0.1) is 0 Å². The summed E-state index contributed by atoms with van der Waals surface area (Å²) in [4.78, 5) is 48.2. The largest absolute Gasteiger partial charge is 0.480 e. The molecule has 0 saturated heterocycles. The molecule has 4 rings (SSSR count). The summed E-state index contributed by atoms with van der Waals surface area (Å²) in [5.74, 6) is -0.146. The first kappa shape index (κ1) is 25.9. The number of rotatable bonds is 7. The summed E-state index contributed by atoms with van der Waals surface area (Å²) in [7, 11) is 0. The minimum absolute atomic E-state index is 0.0418. The van der Waals surface area contributed by atoms with E-state index in [4.69, 9.17) is 4.74 Å². The Balaban J connectivity index is 1.35. The molecule has 0 spiro atoms. The average molecular weight is 488 g/mol. The van der Waals surface area contributed by atoms with Crippen molar-refractivity contribution in [1.29, 1.82) is 0 Å². The molecule has 0 aromatic heterocycles. The van der Waals surface area contributed by atoms with Crippen LogP contribution >= 0.6 is 0 Å². The lowest BCUT2D eigenvalue weighted by molar-refractivity contribution is -0.160. The summed E-state index contributed by atoms with van der Waals surface area (Å²) in [6, 6.07) is -0.960. The molecule has 0 bridgehead atoms. The van der Waals surface area contributed by atoms with Gasteiger partial charge in [-0.05, 0) is 80.1 Å². The van der Waals surface area contributed by atoms with Crippen LogP contribution in [0.4, 0.5) is 0 Å². The highest BCUT2D eigenvalue weighted by Gasteiger charge is 2.59. The van der Waals surface area contributed by atoms with Crippen molar-refractivity contribution in [3.05, 3.63) is 11.6 Å². The van der Waals surface area contributed by atoms with Gasteiger partial charge in [-0.1, -0.05) is 33.3 Å². The van der Waals surface area contributed by atoms with E-state index < -0.39 is 17.9 Å². The monoisotopic (exact) mass is 487 g/mol. The van der Waals surface area contributed by atoms with E-state index in [9.17, 15) is 24.3 Å². The molecule has 0 aliphatic heterocycles. The highest BCUT2D eigenvalue weighted by molar-refractivity contribution is 5.91. The molecule has 0 radical (unpaired) electrons. The van der Waals surface area contributed by atoms with Gasteiger partial charge in [0.05, 0.1) is 6.42 Å². The van der Waals surface area contributed by atoms with Gasteiger partial charge < -0.3 is 15.2 Å². The number of nitrogens with one attached hydrogen (secondary N) is 1. The van der Waals surface area contributed by atoms with Crippen LogP contribution in [0, 0.1) is 34.5 Å².